The summed E-state index contributed by atoms with van der Waals surface area (Å²) in [5.41, 5.74) is -0.361. The zero-order chi connectivity index (χ0) is 21.0. The topological polar surface area (TPSA) is 45.7 Å². The number of nitrogens with zero attached hydrogens (tertiary/aromatic N) is 3. The Bertz CT molecular complexity index is 840. The number of benzene rings is 1. The van der Waals surface area contributed by atoms with Gasteiger partial charge in [-0.15, -0.1) is 11.3 Å². The van der Waals surface area contributed by atoms with Crippen LogP contribution in [0.25, 0.3) is 10.2 Å². The van der Waals surface area contributed by atoms with Gasteiger partial charge >= 0.3 is 6.18 Å². The Labute approximate surface area is 172 Å². The van der Waals surface area contributed by atoms with E-state index in [1.165, 1.54) is 17.4 Å². The molecule has 1 aliphatic rings. The van der Waals surface area contributed by atoms with E-state index in [0.29, 0.717) is 53.8 Å². The van der Waals surface area contributed by atoms with Gasteiger partial charge in [0.15, 0.2) is 0 Å². The van der Waals surface area contributed by atoms with E-state index in [0.717, 1.165) is 31.6 Å². The van der Waals surface area contributed by atoms with Crippen LogP contribution in [0.3, 0.4) is 0 Å². The van der Waals surface area contributed by atoms with Crippen LogP contribution in [0.1, 0.15) is 30.3 Å². The number of rotatable bonds is 7. The molecule has 0 spiro atoms. The van der Waals surface area contributed by atoms with Crippen molar-refractivity contribution in [2.45, 2.75) is 38.4 Å². The molecule has 1 aromatic carbocycles. The highest BCUT2D eigenvalue weighted by molar-refractivity contribution is 7.18. The highest BCUT2D eigenvalue weighted by atomic mass is 32.1. The number of piperazine rings is 1. The van der Waals surface area contributed by atoms with Gasteiger partial charge in [0.1, 0.15) is 0 Å². The summed E-state index contributed by atoms with van der Waals surface area (Å²) in [5.74, 6) is 0.0741. The Hall–Kier alpha value is -1.71. The molecule has 0 radical (unpaired) electrons. The first-order valence-corrected chi connectivity index (χ1v) is 10.6. The fraction of sp³-hybridized carbons (Fsp3) is 0.600. The lowest BCUT2D eigenvalue weighted by molar-refractivity contribution is -0.137. The van der Waals surface area contributed by atoms with E-state index in [4.69, 9.17) is 4.74 Å². The number of fused-ring (bicyclic) bond motifs is 1. The molecule has 160 valence electrons. The number of thiazole rings is 1. The van der Waals surface area contributed by atoms with Crippen molar-refractivity contribution in [3.05, 3.63) is 28.8 Å². The molecule has 9 heteroatoms. The van der Waals surface area contributed by atoms with Gasteiger partial charge in [-0.05, 0) is 24.6 Å². The first-order chi connectivity index (χ1) is 13.8. The Morgan fingerprint density at radius 2 is 2.14 bits per heavy atom. The lowest BCUT2D eigenvalue weighted by atomic mass is 10.1. The maximum Gasteiger partial charge on any atom is 0.416 e. The monoisotopic (exact) mass is 429 g/mol. The first kappa shape index (κ1) is 22.0. The quantitative estimate of drug-likeness (QED) is 0.671. The zero-order valence-corrected chi connectivity index (χ0v) is 17.5. The standard InChI is InChI=1S/C20H26F3N3O2S/c1-3-15-13-26(9-8-25(15)10-11-28-2)19(27)7-6-18-24-16-12-14(20(21,22)23)4-5-17(16)29-18/h4-5,12,15H,3,6-11,13H2,1-2H3. The van der Waals surface area contributed by atoms with Gasteiger partial charge < -0.3 is 9.64 Å². The van der Waals surface area contributed by atoms with Crippen molar-refractivity contribution in [3.63, 3.8) is 0 Å². The fourth-order valence-corrected chi connectivity index (χ4v) is 4.59. The van der Waals surface area contributed by atoms with E-state index in [1.807, 2.05) is 4.90 Å². The number of aromatic nitrogens is 1. The molecule has 1 aromatic heterocycles. The minimum Gasteiger partial charge on any atom is -0.383 e. The summed E-state index contributed by atoms with van der Waals surface area (Å²) in [7, 11) is 1.69. The third kappa shape index (κ3) is 5.46. The average Bonchev–Trinajstić information content (AvgIpc) is 3.11. The van der Waals surface area contributed by atoms with Gasteiger partial charge in [0.05, 0.1) is 27.4 Å². The second-order valence-corrected chi connectivity index (χ2v) is 8.33. The SMILES string of the molecule is CCC1CN(C(=O)CCc2nc3cc(C(F)(F)F)ccc3s2)CCN1CCOC. The summed E-state index contributed by atoms with van der Waals surface area (Å²) in [5, 5.41) is 0.693. The van der Waals surface area contributed by atoms with Crippen molar-refractivity contribution in [1.29, 1.82) is 0 Å². The van der Waals surface area contributed by atoms with Crippen molar-refractivity contribution >= 4 is 27.5 Å². The molecule has 2 heterocycles. The van der Waals surface area contributed by atoms with Gasteiger partial charge in [0.25, 0.3) is 0 Å². The number of carbonyl (C=O) groups is 1. The van der Waals surface area contributed by atoms with Crippen LogP contribution in [-0.4, -0.2) is 66.6 Å². The Balaban J connectivity index is 1.58. The van der Waals surface area contributed by atoms with Crippen LogP contribution >= 0.6 is 11.3 Å². The lowest BCUT2D eigenvalue weighted by Crippen LogP contribution is -2.55. The molecule has 0 bridgehead atoms. The smallest absolute Gasteiger partial charge is 0.383 e. The molecule has 1 fully saturated rings. The van der Waals surface area contributed by atoms with Gasteiger partial charge in [-0.25, -0.2) is 4.98 Å². The van der Waals surface area contributed by atoms with Gasteiger partial charge in [-0.2, -0.15) is 13.2 Å². The number of hydrogen-bond acceptors (Lipinski definition) is 5. The summed E-state index contributed by atoms with van der Waals surface area (Å²) in [4.78, 5) is 21.2. The molecule has 1 amide bonds. The predicted octanol–water partition coefficient (Wildman–Crippen LogP) is 3.82. The molecule has 1 unspecified atom stereocenters. The molecule has 3 rings (SSSR count). The van der Waals surface area contributed by atoms with Gasteiger partial charge in [-0.3, -0.25) is 9.69 Å². The number of amides is 1. The molecule has 1 aliphatic heterocycles. The van der Waals surface area contributed by atoms with E-state index in [2.05, 4.69) is 16.8 Å². The van der Waals surface area contributed by atoms with E-state index in [1.54, 1.807) is 7.11 Å². The highest BCUT2D eigenvalue weighted by Gasteiger charge is 2.31. The molecule has 1 saturated heterocycles. The van der Waals surface area contributed by atoms with Crippen LogP contribution in [0.15, 0.2) is 18.2 Å². The lowest BCUT2D eigenvalue weighted by Gasteiger charge is -2.41. The third-order valence-electron chi connectivity index (χ3n) is 5.32. The van der Waals surface area contributed by atoms with E-state index in [9.17, 15) is 18.0 Å². The Kier molecular flexibility index (Phi) is 7.13. The van der Waals surface area contributed by atoms with Crippen molar-refractivity contribution in [2.24, 2.45) is 0 Å². The van der Waals surface area contributed by atoms with Crippen LogP contribution < -0.4 is 0 Å². The molecular weight excluding hydrogens is 403 g/mol. The summed E-state index contributed by atoms with van der Waals surface area (Å²) < 4.78 is 44.4. The summed E-state index contributed by atoms with van der Waals surface area (Å²) in [6, 6.07) is 3.92. The van der Waals surface area contributed by atoms with Crippen molar-refractivity contribution in [3.8, 4) is 0 Å². The number of halogens is 3. The number of alkyl halides is 3. The molecule has 0 saturated carbocycles. The molecule has 5 nitrogen and oxygen atoms in total. The summed E-state index contributed by atoms with van der Waals surface area (Å²) in [6.07, 6.45) is -2.65. The zero-order valence-electron chi connectivity index (χ0n) is 16.7. The largest absolute Gasteiger partial charge is 0.416 e. The predicted molar refractivity (Wildman–Crippen MR) is 107 cm³/mol. The minimum absolute atomic E-state index is 0.0741. The number of ether oxygens (including phenoxy) is 1. The number of aryl methyl sites for hydroxylation is 1. The molecule has 29 heavy (non-hydrogen) atoms. The average molecular weight is 430 g/mol. The van der Waals surface area contributed by atoms with E-state index >= 15 is 0 Å². The second kappa shape index (κ2) is 9.40. The second-order valence-electron chi connectivity index (χ2n) is 7.22. The van der Waals surface area contributed by atoms with Crippen molar-refractivity contribution in [1.82, 2.24) is 14.8 Å². The number of methoxy groups -OCH3 is 1. The molecule has 0 N–H and O–H groups in total. The van der Waals surface area contributed by atoms with Crippen LogP contribution in [-0.2, 0) is 22.1 Å². The molecule has 0 aliphatic carbocycles. The van der Waals surface area contributed by atoms with Crippen LogP contribution in [0.2, 0.25) is 0 Å². The third-order valence-corrected chi connectivity index (χ3v) is 6.42. The number of hydrogen-bond donors (Lipinski definition) is 0. The molecular formula is C20H26F3N3O2S. The Morgan fingerprint density at radius 3 is 2.83 bits per heavy atom. The maximum absolute atomic E-state index is 12.9. The minimum atomic E-state index is -4.38. The molecule has 1 atom stereocenters. The van der Waals surface area contributed by atoms with Crippen LogP contribution in [0.5, 0.6) is 0 Å². The maximum atomic E-state index is 12.9. The molecule has 2 aromatic rings. The van der Waals surface area contributed by atoms with Crippen LogP contribution in [0.4, 0.5) is 13.2 Å². The summed E-state index contributed by atoms with van der Waals surface area (Å²) >= 11 is 1.35. The Morgan fingerprint density at radius 1 is 1.34 bits per heavy atom. The van der Waals surface area contributed by atoms with Gasteiger partial charge in [0.2, 0.25) is 5.91 Å². The highest BCUT2D eigenvalue weighted by Crippen LogP contribution is 2.33. The number of carbonyl (C=O) groups excluding carboxylic acids is 1. The normalized spacial score (nSPS) is 18.5. The van der Waals surface area contributed by atoms with E-state index in [-0.39, 0.29) is 5.91 Å². The first-order valence-electron chi connectivity index (χ1n) is 9.79. The van der Waals surface area contributed by atoms with Crippen molar-refractivity contribution < 1.29 is 22.7 Å². The van der Waals surface area contributed by atoms with Gasteiger partial charge in [0, 0.05) is 52.2 Å². The van der Waals surface area contributed by atoms with Gasteiger partial charge in [-0.1, -0.05) is 6.92 Å². The van der Waals surface area contributed by atoms with E-state index < -0.39 is 11.7 Å². The fourth-order valence-electron chi connectivity index (χ4n) is 3.64. The summed E-state index contributed by atoms with van der Waals surface area (Å²) in [6.45, 7) is 5.88. The van der Waals surface area contributed by atoms with Crippen molar-refractivity contribution in [2.75, 3.05) is 39.9 Å². The van der Waals surface area contributed by atoms with Crippen LogP contribution in [0, 0.1) is 0 Å².